The van der Waals surface area contributed by atoms with Gasteiger partial charge >= 0.3 is 6.18 Å². The van der Waals surface area contributed by atoms with Crippen LogP contribution in [0.3, 0.4) is 0 Å². The first kappa shape index (κ1) is 24.9. The number of hydrogen-bond donors (Lipinski definition) is 1. The number of hydrogen-bond acceptors (Lipinski definition) is 4. The SMILES string of the molecule is CCCCOc1c(Br)cc(C2C(=O)Nc3cc(C(F)(F)F)ccc3N(CC)C2=O)cc1OC. The number of amides is 2. The van der Waals surface area contributed by atoms with E-state index in [9.17, 15) is 22.8 Å². The molecule has 0 radical (unpaired) electrons. The van der Waals surface area contributed by atoms with E-state index in [4.69, 9.17) is 9.47 Å². The van der Waals surface area contributed by atoms with E-state index in [2.05, 4.69) is 21.2 Å². The number of likely N-dealkylation sites (N-methyl/N-ethyl adjacent to an activating group) is 1. The molecule has 1 aliphatic rings. The summed E-state index contributed by atoms with van der Waals surface area (Å²) in [6.07, 6.45) is -2.80. The Kier molecular flexibility index (Phi) is 7.56. The van der Waals surface area contributed by atoms with Crippen molar-refractivity contribution in [1.82, 2.24) is 0 Å². The molecule has 1 unspecified atom stereocenters. The summed E-state index contributed by atoms with van der Waals surface area (Å²) in [5.41, 5.74) is -0.456. The summed E-state index contributed by atoms with van der Waals surface area (Å²) in [6, 6.07) is 6.06. The van der Waals surface area contributed by atoms with E-state index in [1.54, 1.807) is 19.1 Å². The number of fused-ring (bicyclic) bond motifs is 1. The minimum Gasteiger partial charge on any atom is -0.493 e. The van der Waals surface area contributed by atoms with Gasteiger partial charge in [-0.05, 0) is 65.2 Å². The Morgan fingerprint density at radius 2 is 1.88 bits per heavy atom. The summed E-state index contributed by atoms with van der Waals surface area (Å²) in [7, 11) is 1.44. The molecule has 1 heterocycles. The number of ether oxygens (including phenoxy) is 2. The first-order valence-corrected chi connectivity index (χ1v) is 11.2. The highest BCUT2D eigenvalue weighted by molar-refractivity contribution is 9.10. The lowest BCUT2D eigenvalue weighted by molar-refractivity contribution is -0.137. The minimum absolute atomic E-state index is 0.0712. The van der Waals surface area contributed by atoms with Crippen LogP contribution in [0.1, 0.15) is 43.7 Å². The second-order valence-corrected chi connectivity index (χ2v) is 8.32. The minimum atomic E-state index is -4.58. The average molecular weight is 529 g/mol. The van der Waals surface area contributed by atoms with Crippen molar-refractivity contribution in [1.29, 1.82) is 0 Å². The van der Waals surface area contributed by atoms with Crippen molar-refractivity contribution in [2.24, 2.45) is 0 Å². The Bertz CT molecular complexity index is 1060. The molecule has 1 atom stereocenters. The molecule has 0 bridgehead atoms. The molecule has 178 valence electrons. The quantitative estimate of drug-likeness (QED) is 0.367. The Labute approximate surface area is 198 Å². The highest BCUT2D eigenvalue weighted by Crippen LogP contribution is 2.42. The predicted molar refractivity (Wildman–Crippen MR) is 122 cm³/mol. The molecule has 0 aromatic heterocycles. The van der Waals surface area contributed by atoms with Gasteiger partial charge in [-0.2, -0.15) is 13.2 Å². The molecule has 0 spiro atoms. The van der Waals surface area contributed by atoms with Crippen molar-refractivity contribution in [2.45, 2.75) is 38.8 Å². The molecule has 33 heavy (non-hydrogen) atoms. The standard InChI is InChI=1S/C23H24BrF3N2O4/c1-4-6-9-33-20-15(24)10-13(11-18(20)32-3)19-21(30)28-16-12-14(23(25,26)27)7-8-17(16)29(5-2)22(19)31/h7-8,10-12,19H,4-6,9H2,1-3H3,(H,28,30). The van der Waals surface area contributed by atoms with Gasteiger partial charge in [0.1, 0.15) is 5.92 Å². The maximum absolute atomic E-state index is 13.4. The molecule has 1 aliphatic heterocycles. The van der Waals surface area contributed by atoms with Crippen LogP contribution in [-0.2, 0) is 15.8 Å². The van der Waals surface area contributed by atoms with E-state index in [1.807, 2.05) is 6.92 Å². The maximum atomic E-state index is 13.4. The van der Waals surface area contributed by atoms with Crippen molar-refractivity contribution >= 4 is 39.1 Å². The Morgan fingerprint density at radius 3 is 2.48 bits per heavy atom. The molecule has 0 aliphatic carbocycles. The smallest absolute Gasteiger partial charge is 0.416 e. The zero-order chi connectivity index (χ0) is 24.3. The van der Waals surface area contributed by atoms with Crippen LogP contribution in [-0.4, -0.2) is 32.1 Å². The van der Waals surface area contributed by atoms with Gasteiger partial charge in [0.15, 0.2) is 11.5 Å². The second-order valence-electron chi connectivity index (χ2n) is 7.47. The van der Waals surface area contributed by atoms with Crippen LogP contribution in [0.5, 0.6) is 11.5 Å². The molecule has 2 aromatic rings. The number of rotatable bonds is 7. The van der Waals surface area contributed by atoms with Gasteiger partial charge in [-0.25, -0.2) is 0 Å². The number of carbonyl (C=O) groups is 2. The van der Waals surface area contributed by atoms with Crippen LogP contribution in [0, 0.1) is 0 Å². The van der Waals surface area contributed by atoms with Crippen LogP contribution in [0.4, 0.5) is 24.5 Å². The van der Waals surface area contributed by atoms with Crippen molar-refractivity contribution < 1.29 is 32.2 Å². The van der Waals surface area contributed by atoms with Crippen LogP contribution in [0.2, 0.25) is 0 Å². The fraction of sp³-hybridized carbons (Fsp3) is 0.391. The zero-order valence-corrected chi connectivity index (χ0v) is 20.0. The van der Waals surface area contributed by atoms with Gasteiger partial charge in [-0.1, -0.05) is 13.3 Å². The van der Waals surface area contributed by atoms with Crippen molar-refractivity contribution in [2.75, 3.05) is 30.5 Å². The third-order valence-corrected chi connectivity index (χ3v) is 5.88. The van der Waals surface area contributed by atoms with Gasteiger partial charge < -0.3 is 19.7 Å². The Balaban J connectivity index is 2.05. The first-order chi connectivity index (χ1) is 15.6. The van der Waals surface area contributed by atoms with Gasteiger partial charge in [0.2, 0.25) is 11.8 Å². The Hall–Kier alpha value is -2.75. The lowest BCUT2D eigenvalue weighted by Crippen LogP contribution is -2.37. The van der Waals surface area contributed by atoms with Crippen LogP contribution >= 0.6 is 15.9 Å². The van der Waals surface area contributed by atoms with Gasteiger partial charge in [0.05, 0.1) is 35.1 Å². The third kappa shape index (κ3) is 5.10. The van der Waals surface area contributed by atoms with Crippen molar-refractivity contribution in [3.8, 4) is 11.5 Å². The van der Waals surface area contributed by atoms with E-state index in [-0.39, 0.29) is 17.9 Å². The molecular weight excluding hydrogens is 505 g/mol. The highest BCUT2D eigenvalue weighted by atomic mass is 79.9. The summed E-state index contributed by atoms with van der Waals surface area (Å²) in [5, 5.41) is 2.50. The summed E-state index contributed by atoms with van der Waals surface area (Å²) >= 11 is 3.42. The van der Waals surface area contributed by atoms with Gasteiger partial charge in [0.25, 0.3) is 0 Å². The molecule has 10 heteroatoms. The number of methoxy groups -OCH3 is 1. The monoisotopic (exact) mass is 528 g/mol. The van der Waals surface area contributed by atoms with Crippen LogP contribution in [0.25, 0.3) is 0 Å². The highest BCUT2D eigenvalue weighted by Gasteiger charge is 2.39. The van der Waals surface area contributed by atoms with Crippen LogP contribution in [0.15, 0.2) is 34.8 Å². The summed E-state index contributed by atoms with van der Waals surface area (Å²) < 4.78 is 51.3. The molecule has 3 rings (SSSR count). The van der Waals surface area contributed by atoms with Crippen LogP contribution < -0.4 is 19.7 Å². The van der Waals surface area contributed by atoms with Gasteiger partial charge in [-0.3, -0.25) is 9.59 Å². The molecule has 2 aromatic carbocycles. The van der Waals surface area contributed by atoms with Crippen molar-refractivity contribution in [3.05, 3.63) is 45.9 Å². The fourth-order valence-electron chi connectivity index (χ4n) is 3.62. The number of unbranched alkanes of at least 4 members (excludes halogenated alkanes) is 1. The second kappa shape index (κ2) is 10.0. The first-order valence-electron chi connectivity index (χ1n) is 10.5. The number of nitrogens with zero attached hydrogens (tertiary/aromatic N) is 1. The molecule has 6 nitrogen and oxygen atoms in total. The molecule has 0 saturated carbocycles. The van der Waals surface area contributed by atoms with E-state index >= 15 is 0 Å². The number of anilines is 2. The Morgan fingerprint density at radius 1 is 1.15 bits per heavy atom. The number of alkyl halides is 3. The lowest BCUT2D eigenvalue weighted by Gasteiger charge is -2.24. The summed E-state index contributed by atoms with van der Waals surface area (Å²) in [4.78, 5) is 27.8. The number of benzene rings is 2. The molecule has 1 N–H and O–H groups in total. The fourth-order valence-corrected chi connectivity index (χ4v) is 4.20. The normalized spacial score (nSPS) is 16.2. The largest absolute Gasteiger partial charge is 0.493 e. The maximum Gasteiger partial charge on any atom is 0.416 e. The molecular formula is C23H24BrF3N2O4. The van der Waals surface area contributed by atoms with E-state index in [1.165, 1.54) is 18.1 Å². The average Bonchev–Trinajstić information content (AvgIpc) is 2.86. The zero-order valence-electron chi connectivity index (χ0n) is 18.4. The van der Waals surface area contributed by atoms with E-state index < -0.39 is 29.5 Å². The van der Waals surface area contributed by atoms with Gasteiger partial charge in [-0.15, -0.1) is 0 Å². The van der Waals surface area contributed by atoms with E-state index in [0.717, 1.165) is 25.0 Å². The van der Waals surface area contributed by atoms with Gasteiger partial charge in [0, 0.05) is 6.54 Å². The predicted octanol–water partition coefficient (Wildman–Crippen LogP) is 5.74. The lowest BCUT2D eigenvalue weighted by atomic mass is 9.96. The molecule has 0 saturated heterocycles. The number of halogens is 4. The summed E-state index contributed by atoms with van der Waals surface area (Å²) in [6.45, 7) is 4.35. The van der Waals surface area contributed by atoms with Crippen molar-refractivity contribution in [3.63, 3.8) is 0 Å². The third-order valence-electron chi connectivity index (χ3n) is 5.29. The molecule has 0 fully saturated rings. The topological polar surface area (TPSA) is 67.9 Å². The summed E-state index contributed by atoms with van der Waals surface area (Å²) in [5.74, 6) is -1.80. The number of nitrogens with one attached hydrogen (secondary N) is 1. The van der Waals surface area contributed by atoms with E-state index in [0.29, 0.717) is 28.1 Å². The molecule has 2 amide bonds. The number of carbonyl (C=O) groups excluding carboxylic acids is 2.